The standard InChI is InChI=1S/C16H20FN3/c1-16(2,17)11-20-9-5-12(6-10-20)13-3-7-18-15-14(13)4-8-19-15/h3-5,7-8H,6,9-11H2,1-2H3,(H,18,19). The molecule has 0 atom stereocenters. The van der Waals surface area contributed by atoms with E-state index in [4.69, 9.17) is 0 Å². The Bertz CT molecular complexity index is 636. The highest BCUT2D eigenvalue weighted by Crippen LogP contribution is 2.28. The Balaban J connectivity index is 1.81. The maximum absolute atomic E-state index is 13.7. The summed E-state index contributed by atoms with van der Waals surface area (Å²) in [6.45, 7) is 5.49. The van der Waals surface area contributed by atoms with Gasteiger partial charge in [0.15, 0.2) is 0 Å². The van der Waals surface area contributed by atoms with Crippen LogP contribution in [0.1, 0.15) is 25.8 Å². The number of rotatable bonds is 3. The summed E-state index contributed by atoms with van der Waals surface area (Å²) in [4.78, 5) is 9.62. The first-order chi connectivity index (χ1) is 9.53. The van der Waals surface area contributed by atoms with Gasteiger partial charge in [0, 0.05) is 37.4 Å². The molecule has 0 unspecified atom stereocenters. The van der Waals surface area contributed by atoms with Gasteiger partial charge in [-0.05, 0) is 43.5 Å². The van der Waals surface area contributed by atoms with Crippen LogP contribution in [0, 0.1) is 0 Å². The Morgan fingerprint density at radius 1 is 1.40 bits per heavy atom. The molecule has 3 rings (SSSR count). The molecule has 2 aromatic rings. The molecule has 0 spiro atoms. The zero-order valence-electron chi connectivity index (χ0n) is 12.0. The van der Waals surface area contributed by atoms with Gasteiger partial charge >= 0.3 is 0 Å². The van der Waals surface area contributed by atoms with Crippen LogP contribution in [-0.2, 0) is 0 Å². The van der Waals surface area contributed by atoms with Gasteiger partial charge in [0.25, 0.3) is 0 Å². The normalized spacial score (nSPS) is 17.4. The van der Waals surface area contributed by atoms with E-state index < -0.39 is 5.67 Å². The molecular weight excluding hydrogens is 253 g/mol. The maximum atomic E-state index is 13.7. The summed E-state index contributed by atoms with van der Waals surface area (Å²) in [5.74, 6) is 0. The average molecular weight is 273 g/mol. The second kappa shape index (κ2) is 5.02. The lowest BCUT2D eigenvalue weighted by molar-refractivity contribution is 0.133. The third kappa shape index (κ3) is 2.75. The van der Waals surface area contributed by atoms with Gasteiger partial charge in [-0.25, -0.2) is 9.37 Å². The number of hydrogen-bond donors (Lipinski definition) is 1. The first-order valence-corrected chi connectivity index (χ1v) is 7.06. The molecule has 0 aliphatic carbocycles. The predicted octanol–water partition coefficient (Wildman–Crippen LogP) is 3.40. The number of aromatic nitrogens is 2. The zero-order valence-corrected chi connectivity index (χ0v) is 12.0. The van der Waals surface area contributed by atoms with Crippen LogP contribution in [0.15, 0.2) is 30.6 Å². The summed E-state index contributed by atoms with van der Waals surface area (Å²) in [5.41, 5.74) is 2.38. The number of halogens is 1. The first-order valence-electron chi connectivity index (χ1n) is 7.06. The van der Waals surface area contributed by atoms with Crippen LogP contribution in [-0.4, -0.2) is 40.2 Å². The minimum Gasteiger partial charge on any atom is -0.346 e. The average Bonchev–Trinajstić information content (AvgIpc) is 2.86. The highest BCUT2D eigenvalue weighted by Gasteiger charge is 2.22. The molecule has 1 N–H and O–H groups in total. The highest BCUT2D eigenvalue weighted by molar-refractivity contribution is 5.90. The highest BCUT2D eigenvalue weighted by atomic mass is 19.1. The lowest BCUT2D eigenvalue weighted by atomic mass is 9.97. The topological polar surface area (TPSA) is 31.9 Å². The van der Waals surface area contributed by atoms with E-state index in [2.05, 4.69) is 33.1 Å². The van der Waals surface area contributed by atoms with Crippen LogP contribution in [0.5, 0.6) is 0 Å². The molecule has 0 amide bonds. The Labute approximate surface area is 118 Å². The van der Waals surface area contributed by atoms with Crippen molar-refractivity contribution in [2.24, 2.45) is 0 Å². The summed E-state index contributed by atoms with van der Waals surface area (Å²) >= 11 is 0. The number of nitrogens with one attached hydrogen (secondary N) is 1. The zero-order chi connectivity index (χ0) is 14.2. The molecule has 1 aliphatic rings. The number of pyridine rings is 1. The van der Waals surface area contributed by atoms with Crippen LogP contribution >= 0.6 is 0 Å². The smallest absolute Gasteiger partial charge is 0.137 e. The summed E-state index contributed by atoms with van der Waals surface area (Å²) in [6.07, 6.45) is 6.94. The number of fused-ring (bicyclic) bond motifs is 1. The summed E-state index contributed by atoms with van der Waals surface area (Å²) in [5, 5.41) is 1.16. The van der Waals surface area contributed by atoms with Gasteiger partial charge in [-0.2, -0.15) is 0 Å². The number of hydrogen-bond acceptors (Lipinski definition) is 2. The van der Waals surface area contributed by atoms with Gasteiger partial charge in [-0.3, -0.25) is 4.90 Å². The van der Waals surface area contributed by atoms with Gasteiger partial charge in [-0.15, -0.1) is 0 Å². The Morgan fingerprint density at radius 2 is 2.25 bits per heavy atom. The van der Waals surface area contributed by atoms with Gasteiger partial charge in [-0.1, -0.05) is 6.08 Å². The van der Waals surface area contributed by atoms with Crippen molar-refractivity contribution in [3.63, 3.8) is 0 Å². The Hall–Kier alpha value is -1.68. The first kappa shape index (κ1) is 13.3. The van der Waals surface area contributed by atoms with E-state index in [1.807, 2.05) is 12.4 Å². The molecule has 0 bridgehead atoms. The third-order valence-electron chi connectivity index (χ3n) is 3.70. The Morgan fingerprint density at radius 3 is 2.95 bits per heavy atom. The number of alkyl halides is 1. The molecule has 106 valence electrons. The molecule has 0 saturated carbocycles. The molecular formula is C16H20FN3. The fourth-order valence-corrected chi connectivity index (χ4v) is 2.87. The molecule has 0 saturated heterocycles. The molecule has 0 radical (unpaired) electrons. The second-order valence-corrected chi connectivity index (χ2v) is 6.03. The van der Waals surface area contributed by atoms with E-state index in [9.17, 15) is 4.39 Å². The van der Waals surface area contributed by atoms with Crippen molar-refractivity contribution >= 4 is 16.6 Å². The fraction of sp³-hybridized carbons (Fsp3) is 0.438. The van der Waals surface area contributed by atoms with Crippen molar-refractivity contribution in [2.45, 2.75) is 25.9 Å². The maximum Gasteiger partial charge on any atom is 0.137 e. The Kier molecular flexibility index (Phi) is 3.34. The molecule has 1 aliphatic heterocycles. The molecule has 0 aromatic carbocycles. The van der Waals surface area contributed by atoms with Crippen molar-refractivity contribution in [2.75, 3.05) is 19.6 Å². The summed E-state index contributed by atoms with van der Waals surface area (Å²) in [6, 6.07) is 4.13. The molecule has 3 nitrogen and oxygen atoms in total. The van der Waals surface area contributed by atoms with Crippen LogP contribution in [0.2, 0.25) is 0 Å². The van der Waals surface area contributed by atoms with Crippen LogP contribution in [0.4, 0.5) is 4.39 Å². The lowest BCUT2D eigenvalue weighted by Crippen LogP contribution is -2.38. The lowest BCUT2D eigenvalue weighted by Gasteiger charge is -2.30. The van der Waals surface area contributed by atoms with Crippen LogP contribution in [0.3, 0.4) is 0 Å². The van der Waals surface area contributed by atoms with Gasteiger partial charge < -0.3 is 4.98 Å². The van der Waals surface area contributed by atoms with Crippen molar-refractivity contribution < 1.29 is 4.39 Å². The molecule has 4 heteroatoms. The quantitative estimate of drug-likeness (QED) is 0.929. The summed E-state index contributed by atoms with van der Waals surface area (Å²) in [7, 11) is 0. The predicted molar refractivity (Wildman–Crippen MR) is 80.3 cm³/mol. The van der Waals surface area contributed by atoms with Crippen molar-refractivity contribution in [3.05, 3.63) is 36.2 Å². The van der Waals surface area contributed by atoms with E-state index >= 15 is 0 Å². The van der Waals surface area contributed by atoms with E-state index in [0.717, 1.165) is 30.5 Å². The van der Waals surface area contributed by atoms with E-state index in [1.54, 1.807) is 13.8 Å². The monoisotopic (exact) mass is 273 g/mol. The second-order valence-electron chi connectivity index (χ2n) is 6.03. The minimum absolute atomic E-state index is 0.493. The molecule has 0 fully saturated rings. The molecule has 20 heavy (non-hydrogen) atoms. The van der Waals surface area contributed by atoms with Crippen molar-refractivity contribution in [1.29, 1.82) is 0 Å². The fourth-order valence-electron chi connectivity index (χ4n) is 2.87. The van der Waals surface area contributed by atoms with Crippen LogP contribution in [0.25, 0.3) is 16.6 Å². The largest absolute Gasteiger partial charge is 0.346 e. The minimum atomic E-state index is -1.13. The molecule has 3 heterocycles. The SMILES string of the molecule is CC(C)(F)CN1CC=C(c2ccnc3[nH]ccc23)CC1. The third-order valence-corrected chi connectivity index (χ3v) is 3.70. The number of H-pyrrole nitrogens is 1. The van der Waals surface area contributed by atoms with Crippen LogP contribution < -0.4 is 0 Å². The molecule has 2 aromatic heterocycles. The van der Waals surface area contributed by atoms with Gasteiger partial charge in [0.2, 0.25) is 0 Å². The van der Waals surface area contributed by atoms with Gasteiger partial charge in [0.1, 0.15) is 11.3 Å². The summed E-state index contributed by atoms with van der Waals surface area (Å²) < 4.78 is 13.7. The van der Waals surface area contributed by atoms with E-state index in [1.165, 1.54) is 11.1 Å². The van der Waals surface area contributed by atoms with Gasteiger partial charge in [0.05, 0.1) is 0 Å². The van der Waals surface area contributed by atoms with E-state index in [0.29, 0.717) is 6.54 Å². The van der Waals surface area contributed by atoms with E-state index in [-0.39, 0.29) is 0 Å². The number of aromatic amines is 1. The van der Waals surface area contributed by atoms with Crippen molar-refractivity contribution in [1.82, 2.24) is 14.9 Å². The van der Waals surface area contributed by atoms with Crippen molar-refractivity contribution in [3.8, 4) is 0 Å². The number of nitrogens with zero attached hydrogens (tertiary/aromatic N) is 2.